The fourth-order valence-corrected chi connectivity index (χ4v) is 1.37. The van der Waals surface area contributed by atoms with E-state index in [0.717, 1.165) is 17.6 Å². The molecule has 0 radical (unpaired) electrons. The van der Waals surface area contributed by atoms with Gasteiger partial charge in [0, 0.05) is 26.3 Å². The highest BCUT2D eigenvalue weighted by atomic mass is 79.9. The van der Waals surface area contributed by atoms with Crippen LogP contribution in [0.3, 0.4) is 0 Å². The number of likely N-dealkylation sites (tertiary alicyclic amines) is 1. The van der Waals surface area contributed by atoms with Gasteiger partial charge in [-0.2, -0.15) is 0 Å². The van der Waals surface area contributed by atoms with Gasteiger partial charge in [0.05, 0.1) is 4.48 Å². The Labute approximate surface area is 75.1 Å². The third-order valence-electron chi connectivity index (χ3n) is 1.67. The molecule has 4 heteroatoms. The number of hydrogen-bond acceptors (Lipinski definition) is 2. The van der Waals surface area contributed by atoms with Crippen molar-refractivity contribution in [2.45, 2.75) is 6.42 Å². The number of nitrogens with one attached hydrogen (secondary N) is 2. The molecule has 0 spiro atoms. The van der Waals surface area contributed by atoms with E-state index in [2.05, 4.69) is 21.2 Å². The Hall–Kier alpha value is -0.510. The molecule has 0 aromatic heterocycles. The van der Waals surface area contributed by atoms with Gasteiger partial charge < -0.3 is 10.2 Å². The first kappa shape index (κ1) is 8.59. The van der Waals surface area contributed by atoms with E-state index in [1.54, 1.807) is 6.20 Å². The van der Waals surface area contributed by atoms with Crippen LogP contribution in [-0.4, -0.2) is 30.9 Å². The van der Waals surface area contributed by atoms with Crippen molar-refractivity contribution < 1.29 is 0 Å². The molecule has 0 atom stereocenters. The first-order valence-electron chi connectivity index (χ1n) is 3.62. The summed E-state index contributed by atoms with van der Waals surface area (Å²) >= 11 is 3.31. The van der Waals surface area contributed by atoms with Crippen LogP contribution >= 0.6 is 15.9 Å². The third-order valence-corrected chi connectivity index (χ3v) is 2.27. The first-order chi connectivity index (χ1) is 5.25. The minimum absolute atomic E-state index is 0.575. The SMILES string of the molecule is CN/C=C(/Br)C(=N)N1CCC1. The average Bonchev–Trinajstić information content (AvgIpc) is 1.84. The zero-order valence-electron chi connectivity index (χ0n) is 6.52. The predicted octanol–water partition coefficient (Wildman–Crippen LogP) is 1.13. The second-order valence-electron chi connectivity index (χ2n) is 2.47. The van der Waals surface area contributed by atoms with Gasteiger partial charge in [0.1, 0.15) is 5.84 Å². The maximum Gasteiger partial charge on any atom is 0.136 e. The number of amidine groups is 1. The van der Waals surface area contributed by atoms with Crippen LogP contribution in [0.4, 0.5) is 0 Å². The number of hydrogen-bond donors (Lipinski definition) is 2. The summed E-state index contributed by atoms with van der Waals surface area (Å²) in [5.41, 5.74) is 0. The summed E-state index contributed by atoms with van der Waals surface area (Å²) in [4.78, 5) is 2.03. The summed E-state index contributed by atoms with van der Waals surface area (Å²) in [5, 5.41) is 10.5. The number of halogens is 1. The largest absolute Gasteiger partial charge is 0.393 e. The minimum Gasteiger partial charge on any atom is -0.393 e. The maximum absolute atomic E-state index is 7.63. The van der Waals surface area contributed by atoms with E-state index >= 15 is 0 Å². The zero-order chi connectivity index (χ0) is 8.27. The molecular weight excluding hydrogens is 206 g/mol. The molecule has 1 rings (SSSR count). The molecular formula is C7H12BrN3. The number of rotatable bonds is 2. The molecule has 0 unspecified atom stereocenters. The topological polar surface area (TPSA) is 39.1 Å². The smallest absolute Gasteiger partial charge is 0.136 e. The van der Waals surface area contributed by atoms with Gasteiger partial charge in [-0.3, -0.25) is 5.41 Å². The molecule has 0 saturated carbocycles. The van der Waals surface area contributed by atoms with Crippen molar-refractivity contribution in [3.8, 4) is 0 Å². The highest BCUT2D eigenvalue weighted by Crippen LogP contribution is 2.14. The van der Waals surface area contributed by atoms with Crippen LogP contribution in [-0.2, 0) is 0 Å². The van der Waals surface area contributed by atoms with E-state index in [-0.39, 0.29) is 0 Å². The van der Waals surface area contributed by atoms with Crippen LogP contribution in [0.2, 0.25) is 0 Å². The summed E-state index contributed by atoms with van der Waals surface area (Å²) in [7, 11) is 1.82. The molecule has 3 nitrogen and oxygen atoms in total. The molecule has 0 amide bonds. The van der Waals surface area contributed by atoms with Crippen LogP contribution in [0.15, 0.2) is 10.7 Å². The lowest BCUT2D eigenvalue weighted by Gasteiger charge is -2.32. The number of nitrogens with zero attached hydrogens (tertiary/aromatic N) is 1. The van der Waals surface area contributed by atoms with Crippen LogP contribution in [0.5, 0.6) is 0 Å². The molecule has 0 bridgehead atoms. The third kappa shape index (κ3) is 1.96. The molecule has 0 aromatic carbocycles. The molecule has 62 valence electrons. The van der Waals surface area contributed by atoms with Gasteiger partial charge in [0.2, 0.25) is 0 Å². The standard InChI is InChI=1S/C7H12BrN3/c1-10-5-6(8)7(9)11-3-2-4-11/h5,9-10H,2-4H2,1H3/b6-5+,9-7?. The zero-order valence-corrected chi connectivity index (χ0v) is 8.11. The van der Waals surface area contributed by atoms with Gasteiger partial charge in [-0.05, 0) is 22.4 Å². The summed E-state index contributed by atoms with van der Waals surface area (Å²) < 4.78 is 0.819. The Morgan fingerprint density at radius 3 is 2.64 bits per heavy atom. The van der Waals surface area contributed by atoms with Crippen LogP contribution in [0, 0.1) is 5.41 Å². The summed E-state index contributed by atoms with van der Waals surface area (Å²) in [6, 6.07) is 0. The fourth-order valence-electron chi connectivity index (χ4n) is 0.886. The molecule has 0 aromatic rings. The van der Waals surface area contributed by atoms with Crippen LogP contribution in [0.1, 0.15) is 6.42 Å². The van der Waals surface area contributed by atoms with Crippen molar-refractivity contribution in [2.24, 2.45) is 0 Å². The van der Waals surface area contributed by atoms with E-state index in [1.165, 1.54) is 6.42 Å². The Bertz CT molecular complexity index is 184. The minimum atomic E-state index is 0.575. The predicted molar refractivity (Wildman–Crippen MR) is 50.0 cm³/mol. The molecule has 1 heterocycles. The maximum atomic E-state index is 7.63. The summed E-state index contributed by atoms with van der Waals surface area (Å²) in [6.45, 7) is 2.04. The van der Waals surface area contributed by atoms with Crippen molar-refractivity contribution in [1.29, 1.82) is 5.41 Å². The van der Waals surface area contributed by atoms with Crippen LogP contribution in [0.25, 0.3) is 0 Å². The summed E-state index contributed by atoms with van der Waals surface area (Å²) in [5.74, 6) is 0.575. The van der Waals surface area contributed by atoms with Gasteiger partial charge >= 0.3 is 0 Å². The molecule has 11 heavy (non-hydrogen) atoms. The molecule has 1 aliphatic heterocycles. The van der Waals surface area contributed by atoms with Crippen molar-refractivity contribution in [3.63, 3.8) is 0 Å². The second kappa shape index (κ2) is 3.76. The monoisotopic (exact) mass is 217 g/mol. The Morgan fingerprint density at radius 2 is 2.27 bits per heavy atom. The quantitative estimate of drug-likeness (QED) is 0.538. The molecule has 0 aliphatic carbocycles. The average molecular weight is 218 g/mol. The lowest BCUT2D eigenvalue weighted by Crippen LogP contribution is -2.41. The van der Waals surface area contributed by atoms with E-state index < -0.39 is 0 Å². The van der Waals surface area contributed by atoms with Gasteiger partial charge in [-0.1, -0.05) is 0 Å². The van der Waals surface area contributed by atoms with E-state index in [1.807, 2.05) is 11.9 Å². The van der Waals surface area contributed by atoms with Crippen molar-refractivity contribution in [2.75, 3.05) is 20.1 Å². The molecule has 1 aliphatic rings. The Morgan fingerprint density at radius 1 is 1.64 bits per heavy atom. The highest BCUT2D eigenvalue weighted by molar-refractivity contribution is 9.12. The molecule has 2 N–H and O–H groups in total. The van der Waals surface area contributed by atoms with Gasteiger partial charge in [0.25, 0.3) is 0 Å². The Balaban J connectivity index is 2.45. The second-order valence-corrected chi connectivity index (χ2v) is 3.32. The van der Waals surface area contributed by atoms with Crippen molar-refractivity contribution in [3.05, 3.63) is 10.7 Å². The van der Waals surface area contributed by atoms with E-state index in [9.17, 15) is 0 Å². The molecule has 1 fully saturated rings. The van der Waals surface area contributed by atoms with Crippen molar-refractivity contribution >= 4 is 21.8 Å². The Kier molecular flexibility index (Phi) is 2.93. The van der Waals surface area contributed by atoms with Crippen LogP contribution < -0.4 is 5.32 Å². The lowest BCUT2D eigenvalue weighted by atomic mass is 10.2. The summed E-state index contributed by atoms with van der Waals surface area (Å²) in [6.07, 6.45) is 2.99. The van der Waals surface area contributed by atoms with Gasteiger partial charge in [-0.25, -0.2) is 0 Å². The lowest BCUT2D eigenvalue weighted by molar-refractivity contribution is 0.299. The van der Waals surface area contributed by atoms with Gasteiger partial charge in [0.15, 0.2) is 0 Å². The highest BCUT2D eigenvalue weighted by Gasteiger charge is 2.18. The normalized spacial score (nSPS) is 17.6. The van der Waals surface area contributed by atoms with E-state index in [0.29, 0.717) is 5.84 Å². The van der Waals surface area contributed by atoms with E-state index in [4.69, 9.17) is 5.41 Å². The first-order valence-corrected chi connectivity index (χ1v) is 4.42. The molecule has 1 saturated heterocycles. The van der Waals surface area contributed by atoms with Gasteiger partial charge in [-0.15, -0.1) is 0 Å². The fraction of sp³-hybridized carbons (Fsp3) is 0.571. The van der Waals surface area contributed by atoms with Crippen molar-refractivity contribution in [1.82, 2.24) is 10.2 Å².